The number of rotatable bonds is 15. The fourth-order valence-corrected chi connectivity index (χ4v) is 4.34. The molecule has 2 amide bonds. The summed E-state index contributed by atoms with van der Waals surface area (Å²) in [6.45, 7) is 5.27. The van der Waals surface area contributed by atoms with Crippen LogP contribution in [0, 0.1) is 18.7 Å². The van der Waals surface area contributed by atoms with Crippen LogP contribution in [-0.2, 0) is 24.4 Å². The molecular weight excluding hydrogens is 501 g/mol. The van der Waals surface area contributed by atoms with Crippen LogP contribution in [0.4, 0.5) is 4.39 Å². The molecule has 0 saturated carbocycles. The number of aryl methyl sites for hydroxylation is 1. The van der Waals surface area contributed by atoms with Crippen molar-refractivity contribution >= 4 is 28.1 Å². The van der Waals surface area contributed by atoms with E-state index in [4.69, 9.17) is 4.74 Å². The van der Waals surface area contributed by atoms with Gasteiger partial charge in [-0.25, -0.2) is 17.5 Å². The number of benzene rings is 2. The third-order valence-electron chi connectivity index (χ3n) is 5.50. The molecule has 0 aromatic heterocycles. The van der Waals surface area contributed by atoms with E-state index < -0.39 is 46.3 Å². The molecule has 202 valence electrons. The fourth-order valence-electron chi connectivity index (χ4n) is 3.35. The molecule has 0 saturated heterocycles. The van der Waals surface area contributed by atoms with Crippen molar-refractivity contribution in [3.63, 3.8) is 0 Å². The third kappa shape index (κ3) is 10.3. The maximum atomic E-state index is 13.0. The van der Waals surface area contributed by atoms with Crippen molar-refractivity contribution in [3.8, 4) is 5.75 Å². The molecule has 2 rings (SSSR count). The van der Waals surface area contributed by atoms with E-state index in [-0.39, 0.29) is 10.8 Å². The summed E-state index contributed by atoms with van der Waals surface area (Å²) in [4.78, 5) is 36.4. The van der Waals surface area contributed by atoms with Crippen LogP contribution >= 0.6 is 0 Å². The number of aldehydes is 1. The van der Waals surface area contributed by atoms with Gasteiger partial charge in [-0.3, -0.25) is 9.59 Å². The van der Waals surface area contributed by atoms with Crippen LogP contribution in [0.25, 0.3) is 0 Å². The number of carbonyl (C=O) groups is 3. The van der Waals surface area contributed by atoms with Crippen molar-refractivity contribution in [2.24, 2.45) is 5.92 Å². The summed E-state index contributed by atoms with van der Waals surface area (Å²) < 4.78 is 45.4. The Kier molecular flexibility index (Phi) is 11.7. The Bertz CT molecular complexity index is 1140. The SMILES string of the molecule is Cc1ccc(OCCCC[C@@H](C=O)NC(=O)[C@@H](NC(=O)CNS(=O)(=O)c2ccc(F)cc2)C(C)C)cc1. The second-order valence-electron chi connectivity index (χ2n) is 8.98. The minimum atomic E-state index is -4.04. The summed E-state index contributed by atoms with van der Waals surface area (Å²) in [7, 11) is -4.04. The number of ether oxygens (including phenoxy) is 1. The predicted molar refractivity (Wildman–Crippen MR) is 137 cm³/mol. The van der Waals surface area contributed by atoms with Gasteiger partial charge in [-0.1, -0.05) is 31.5 Å². The zero-order valence-corrected chi connectivity index (χ0v) is 22.0. The minimum Gasteiger partial charge on any atom is -0.494 e. The molecule has 0 heterocycles. The van der Waals surface area contributed by atoms with Gasteiger partial charge in [0.05, 0.1) is 24.1 Å². The summed E-state index contributed by atoms with van der Waals surface area (Å²) in [6.07, 6.45) is 2.38. The van der Waals surface area contributed by atoms with Crippen LogP contribution < -0.4 is 20.1 Å². The Morgan fingerprint density at radius 1 is 1.00 bits per heavy atom. The Labute approximate surface area is 217 Å². The molecule has 2 atom stereocenters. The monoisotopic (exact) mass is 535 g/mol. The lowest BCUT2D eigenvalue weighted by atomic mass is 10.0. The van der Waals surface area contributed by atoms with E-state index in [1.807, 2.05) is 31.2 Å². The van der Waals surface area contributed by atoms with E-state index in [1.165, 1.54) is 0 Å². The Hall–Kier alpha value is -3.31. The van der Waals surface area contributed by atoms with Crippen molar-refractivity contribution in [3.05, 3.63) is 59.9 Å². The normalized spacial score (nSPS) is 13.0. The molecule has 3 N–H and O–H groups in total. The van der Waals surface area contributed by atoms with Gasteiger partial charge in [-0.15, -0.1) is 0 Å². The average Bonchev–Trinajstić information content (AvgIpc) is 2.86. The van der Waals surface area contributed by atoms with Gasteiger partial charge in [0.2, 0.25) is 21.8 Å². The van der Waals surface area contributed by atoms with Crippen molar-refractivity contribution in [2.45, 2.75) is 57.0 Å². The lowest BCUT2D eigenvalue weighted by Gasteiger charge is -2.23. The Balaban J connectivity index is 1.80. The van der Waals surface area contributed by atoms with Crippen LogP contribution in [0.15, 0.2) is 53.4 Å². The lowest BCUT2D eigenvalue weighted by molar-refractivity contribution is -0.130. The van der Waals surface area contributed by atoms with Gasteiger partial charge in [-0.05, 0) is 68.5 Å². The number of hydrogen-bond acceptors (Lipinski definition) is 6. The van der Waals surface area contributed by atoms with Crippen LogP contribution in [0.2, 0.25) is 0 Å². The standard InChI is InChI=1S/C26H34FN3O6S/c1-18(2)25(30-24(32)16-28-37(34,35)23-13-9-20(27)10-14-23)26(33)29-21(17-31)6-4-5-15-36-22-11-7-19(3)8-12-22/h7-14,17-18,21,25,28H,4-6,15-16H2,1-3H3,(H,29,33)(H,30,32)/t21-,25-/m0/s1. The molecule has 0 spiro atoms. The fraction of sp³-hybridized carbons (Fsp3) is 0.423. The number of halogens is 1. The third-order valence-corrected chi connectivity index (χ3v) is 6.92. The summed E-state index contributed by atoms with van der Waals surface area (Å²) >= 11 is 0. The van der Waals surface area contributed by atoms with E-state index in [1.54, 1.807) is 13.8 Å². The zero-order chi connectivity index (χ0) is 27.4. The Morgan fingerprint density at radius 2 is 1.65 bits per heavy atom. The summed E-state index contributed by atoms with van der Waals surface area (Å²) in [5.41, 5.74) is 1.14. The van der Waals surface area contributed by atoms with Crippen molar-refractivity contribution in [2.75, 3.05) is 13.2 Å². The Morgan fingerprint density at radius 3 is 2.24 bits per heavy atom. The quantitative estimate of drug-likeness (QED) is 0.237. The molecule has 0 fully saturated rings. The topological polar surface area (TPSA) is 131 Å². The number of amides is 2. The molecule has 0 aliphatic heterocycles. The average molecular weight is 536 g/mol. The number of unbranched alkanes of at least 4 members (excludes halogenated alkanes) is 1. The molecule has 0 radical (unpaired) electrons. The summed E-state index contributed by atoms with van der Waals surface area (Å²) in [5, 5.41) is 5.14. The first-order valence-corrected chi connectivity index (χ1v) is 13.5. The van der Waals surface area contributed by atoms with E-state index in [0.29, 0.717) is 32.2 Å². The van der Waals surface area contributed by atoms with Crippen LogP contribution in [0.1, 0.15) is 38.7 Å². The highest BCUT2D eigenvalue weighted by molar-refractivity contribution is 7.89. The molecule has 0 bridgehead atoms. The largest absolute Gasteiger partial charge is 0.494 e. The highest BCUT2D eigenvalue weighted by Gasteiger charge is 2.26. The van der Waals surface area contributed by atoms with Crippen LogP contribution in [-0.4, -0.2) is 51.8 Å². The molecule has 0 unspecified atom stereocenters. The van der Waals surface area contributed by atoms with Gasteiger partial charge < -0.3 is 20.2 Å². The summed E-state index contributed by atoms with van der Waals surface area (Å²) in [6, 6.07) is 10.1. The van der Waals surface area contributed by atoms with Gasteiger partial charge in [0, 0.05) is 0 Å². The van der Waals surface area contributed by atoms with Gasteiger partial charge in [0.1, 0.15) is 23.9 Å². The molecule has 11 heteroatoms. The van der Waals surface area contributed by atoms with E-state index in [2.05, 4.69) is 15.4 Å². The molecule has 37 heavy (non-hydrogen) atoms. The van der Waals surface area contributed by atoms with Gasteiger partial charge in [-0.2, -0.15) is 0 Å². The molecular formula is C26H34FN3O6S. The number of nitrogens with one attached hydrogen (secondary N) is 3. The van der Waals surface area contributed by atoms with Crippen molar-refractivity contribution in [1.82, 2.24) is 15.4 Å². The lowest BCUT2D eigenvalue weighted by Crippen LogP contribution is -2.54. The molecule has 2 aromatic rings. The minimum absolute atomic E-state index is 0.196. The van der Waals surface area contributed by atoms with Crippen LogP contribution in [0.3, 0.4) is 0 Å². The number of carbonyl (C=O) groups excluding carboxylic acids is 3. The molecule has 9 nitrogen and oxygen atoms in total. The first-order chi connectivity index (χ1) is 17.5. The molecule has 2 aromatic carbocycles. The molecule has 0 aliphatic rings. The zero-order valence-electron chi connectivity index (χ0n) is 21.2. The van der Waals surface area contributed by atoms with Gasteiger partial charge >= 0.3 is 0 Å². The molecule has 0 aliphatic carbocycles. The van der Waals surface area contributed by atoms with E-state index >= 15 is 0 Å². The maximum Gasteiger partial charge on any atom is 0.243 e. The van der Waals surface area contributed by atoms with Crippen molar-refractivity contribution in [1.29, 1.82) is 0 Å². The maximum absolute atomic E-state index is 13.0. The van der Waals surface area contributed by atoms with Gasteiger partial charge in [0.25, 0.3) is 0 Å². The van der Waals surface area contributed by atoms with Gasteiger partial charge in [0.15, 0.2) is 0 Å². The first-order valence-electron chi connectivity index (χ1n) is 12.0. The summed E-state index contributed by atoms with van der Waals surface area (Å²) in [5.74, 6) is -1.42. The predicted octanol–water partition coefficient (Wildman–Crippen LogP) is 2.49. The highest BCUT2D eigenvalue weighted by Crippen LogP contribution is 2.13. The first kappa shape index (κ1) is 29.9. The number of sulfonamides is 1. The second kappa shape index (κ2) is 14.4. The van der Waals surface area contributed by atoms with Crippen LogP contribution in [0.5, 0.6) is 5.75 Å². The smallest absolute Gasteiger partial charge is 0.243 e. The number of hydrogen-bond donors (Lipinski definition) is 3. The van der Waals surface area contributed by atoms with E-state index in [9.17, 15) is 27.2 Å². The second-order valence-corrected chi connectivity index (χ2v) is 10.7. The highest BCUT2D eigenvalue weighted by atomic mass is 32.2. The van der Waals surface area contributed by atoms with Crippen molar-refractivity contribution < 1.29 is 31.9 Å². The van der Waals surface area contributed by atoms with E-state index in [0.717, 1.165) is 35.6 Å².